The van der Waals surface area contributed by atoms with Gasteiger partial charge in [0.1, 0.15) is 22.5 Å². The van der Waals surface area contributed by atoms with Gasteiger partial charge < -0.3 is 18.3 Å². The molecule has 0 unspecified atom stereocenters. The summed E-state index contributed by atoms with van der Waals surface area (Å²) in [5.41, 5.74) is 2.86. The second kappa shape index (κ2) is 5.93. The average molecular weight is 344 g/mol. The predicted octanol–water partition coefficient (Wildman–Crippen LogP) is 5.55. The topological polar surface area (TPSA) is 70.5 Å². The van der Waals surface area contributed by atoms with Crippen molar-refractivity contribution in [3.8, 4) is 23.7 Å². The fourth-order valence-electron chi connectivity index (χ4n) is 2.57. The molecule has 2 heterocycles. The zero-order valence-corrected chi connectivity index (χ0v) is 13.5. The normalized spacial score (nSPS) is 11.1. The molecule has 0 aliphatic rings. The Morgan fingerprint density at radius 1 is 0.538 bits per heavy atom. The highest BCUT2D eigenvalue weighted by Crippen LogP contribution is 2.29. The van der Waals surface area contributed by atoms with E-state index in [0.717, 1.165) is 11.0 Å². The zero-order valence-electron chi connectivity index (χ0n) is 13.5. The number of fused-ring (bicyclic) bond motifs is 2. The smallest absolute Gasteiger partial charge is 0.400 e. The van der Waals surface area contributed by atoms with Crippen LogP contribution < -0.4 is 9.47 Å². The van der Waals surface area contributed by atoms with Crippen molar-refractivity contribution in [2.24, 2.45) is 0 Å². The van der Waals surface area contributed by atoms with Crippen LogP contribution in [0, 0.1) is 0 Å². The van der Waals surface area contributed by atoms with E-state index in [0.29, 0.717) is 22.7 Å². The lowest BCUT2D eigenvalue weighted by Gasteiger charge is -2.03. The van der Waals surface area contributed by atoms with Gasteiger partial charge in [-0.2, -0.15) is 9.97 Å². The highest BCUT2D eigenvalue weighted by Gasteiger charge is 2.09. The van der Waals surface area contributed by atoms with E-state index in [-0.39, 0.29) is 12.2 Å². The number of oxazole rings is 2. The number of nitrogens with zero attached hydrogens (tertiary/aromatic N) is 2. The predicted molar refractivity (Wildman–Crippen MR) is 94.6 cm³/mol. The second-order valence-corrected chi connectivity index (χ2v) is 5.57. The number of ether oxygens (including phenoxy) is 2. The summed E-state index contributed by atoms with van der Waals surface area (Å²) in [5, 5.41) is 0. The Hall–Kier alpha value is -3.80. The van der Waals surface area contributed by atoms with Gasteiger partial charge in [0.2, 0.25) is 0 Å². The summed E-state index contributed by atoms with van der Waals surface area (Å²) in [5.74, 6) is 1.17. The summed E-state index contributed by atoms with van der Waals surface area (Å²) in [4.78, 5) is 8.55. The molecule has 0 atom stereocenters. The van der Waals surface area contributed by atoms with Gasteiger partial charge in [-0.05, 0) is 48.5 Å². The number of hydrogen-bond acceptors (Lipinski definition) is 6. The Morgan fingerprint density at radius 3 is 1.38 bits per heavy atom. The van der Waals surface area contributed by atoms with Crippen molar-refractivity contribution < 1.29 is 18.3 Å². The van der Waals surface area contributed by atoms with Crippen LogP contribution in [-0.4, -0.2) is 9.97 Å². The van der Waals surface area contributed by atoms with Crippen molar-refractivity contribution in [2.75, 3.05) is 0 Å². The van der Waals surface area contributed by atoms with Crippen LogP contribution in [0.25, 0.3) is 22.2 Å². The van der Waals surface area contributed by atoms with Crippen molar-refractivity contribution in [3.63, 3.8) is 0 Å². The molecular weight excluding hydrogens is 332 g/mol. The minimum atomic E-state index is 0.193. The molecule has 6 nitrogen and oxygen atoms in total. The Bertz CT molecular complexity index is 1030. The Balaban J connectivity index is 1.33. The maximum Gasteiger partial charge on any atom is 0.400 e. The van der Waals surface area contributed by atoms with Crippen LogP contribution in [0.2, 0.25) is 0 Å². The van der Waals surface area contributed by atoms with Crippen molar-refractivity contribution in [3.05, 3.63) is 72.8 Å². The number of para-hydroxylation sites is 4. The molecular formula is C20H12N2O4. The van der Waals surface area contributed by atoms with Gasteiger partial charge in [-0.1, -0.05) is 24.3 Å². The minimum absolute atomic E-state index is 0.193. The van der Waals surface area contributed by atoms with Gasteiger partial charge in [-0.3, -0.25) is 0 Å². The van der Waals surface area contributed by atoms with Crippen LogP contribution in [0.1, 0.15) is 0 Å². The van der Waals surface area contributed by atoms with Crippen LogP contribution in [-0.2, 0) is 0 Å². The number of aromatic nitrogens is 2. The number of rotatable bonds is 4. The summed E-state index contributed by atoms with van der Waals surface area (Å²) in [6.07, 6.45) is 0.387. The monoisotopic (exact) mass is 344 g/mol. The Labute approximate surface area is 147 Å². The van der Waals surface area contributed by atoms with E-state index in [1.165, 1.54) is 0 Å². The Morgan fingerprint density at radius 2 is 0.962 bits per heavy atom. The molecule has 3 aromatic carbocycles. The maximum atomic E-state index is 5.64. The molecule has 5 rings (SSSR count). The molecule has 126 valence electrons. The number of benzene rings is 3. The van der Waals surface area contributed by atoms with Gasteiger partial charge in [-0.25, -0.2) is 0 Å². The van der Waals surface area contributed by atoms with Gasteiger partial charge >= 0.3 is 12.2 Å². The molecule has 0 saturated carbocycles. The van der Waals surface area contributed by atoms with E-state index in [9.17, 15) is 0 Å². The zero-order chi connectivity index (χ0) is 17.3. The van der Waals surface area contributed by atoms with E-state index in [2.05, 4.69) is 9.97 Å². The molecule has 0 amide bonds. The maximum absolute atomic E-state index is 5.64. The lowest BCUT2D eigenvalue weighted by molar-refractivity contribution is 0.335. The third-order valence-electron chi connectivity index (χ3n) is 3.78. The third kappa shape index (κ3) is 2.73. The molecule has 0 saturated heterocycles. The van der Waals surface area contributed by atoms with Crippen LogP contribution in [0.4, 0.5) is 0 Å². The standard InChI is InChI=1S/C20H12N2O4/c1-3-7-17-15(5-1)21-19(25-17)23-13-9-11-14(12-10-13)24-20-22-16-6-2-4-8-18(16)26-20/h1-12H. The van der Waals surface area contributed by atoms with Crippen LogP contribution in [0.5, 0.6) is 23.7 Å². The number of hydrogen-bond donors (Lipinski definition) is 0. The van der Waals surface area contributed by atoms with E-state index in [1.54, 1.807) is 24.3 Å². The summed E-state index contributed by atoms with van der Waals surface area (Å²) in [7, 11) is 0. The molecule has 0 spiro atoms. The largest absolute Gasteiger partial charge is 0.411 e. The van der Waals surface area contributed by atoms with Gasteiger partial charge in [0, 0.05) is 0 Å². The first kappa shape index (κ1) is 14.5. The molecule has 2 aromatic heterocycles. The molecule has 0 aliphatic carbocycles. The van der Waals surface area contributed by atoms with Crippen molar-refractivity contribution >= 4 is 22.2 Å². The SMILES string of the molecule is c1ccc2oc(Oc3ccc(Oc4nc5ccccc5o4)cc3)nc2c1. The van der Waals surface area contributed by atoms with Crippen molar-refractivity contribution in [1.29, 1.82) is 0 Å². The van der Waals surface area contributed by atoms with Gasteiger partial charge in [0.15, 0.2) is 11.2 Å². The van der Waals surface area contributed by atoms with E-state index >= 15 is 0 Å². The second-order valence-electron chi connectivity index (χ2n) is 5.57. The highest BCUT2D eigenvalue weighted by molar-refractivity contribution is 5.73. The highest BCUT2D eigenvalue weighted by atomic mass is 16.6. The molecule has 0 radical (unpaired) electrons. The van der Waals surface area contributed by atoms with Gasteiger partial charge in [0.25, 0.3) is 0 Å². The van der Waals surface area contributed by atoms with Crippen molar-refractivity contribution in [1.82, 2.24) is 9.97 Å². The van der Waals surface area contributed by atoms with Gasteiger partial charge in [-0.15, -0.1) is 0 Å². The molecule has 6 heteroatoms. The van der Waals surface area contributed by atoms with E-state index in [4.69, 9.17) is 18.3 Å². The summed E-state index contributed by atoms with van der Waals surface area (Å²) < 4.78 is 22.4. The van der Waals surface area contributed by atoms with E-state index in [1.807, 2.05) is 48.5 Å². The first-order chi connectivity index (χ1) is 12.8. The minimum Gasteiger partial charge on any atom is -0.411 e. The summed E-state index contributed by atoms with van der Waals surface area (Å²) in [6.45, 7) is 0. The van der Waals surface area contributed by atoms with Crippen LogP contribution >= 0.6 is 0 Å². The van der Waals surface area contributed by atoms with Gasteiger partial charge in [0.05, 0.1) is 0 Å². The molecule has 0 fully saturated rings. The van der Waals surface area contributed by atoms with Crippen LogP contribution in [0.3, 0.4) is 0 Å². The fraction of sp³-hybridized carbons (Fsp3) is 0. The molecule has 26 heavy (non-hydrogen) atoms. The average Bonchev–Trinajstić information content (AvgIpc) is 3.25. The lowest BCUT2D eigenvalue weighted by atomic mass is 10.3. The quantitative estimate of drug-likeness (QED) is 0.425. The van der Waals surface area contributed by atoms with E-state index < -0.39 is 0 Å². The summed E-state index contributed by atoms with van der Waals surface area (Å²) in [6, 6.07) is 22.0. The van der Waals surface area contributed by atoms with Crippen LogP contribution in [0.15, 0.2) is 81.6 Å². The molecule has 5 aromatic rings. The first-order valence-electron chi connectivity index (χ1n) is 8.00. The molecule has 0 N–H and O–H groups in total. The van der Waals surface area contributed by atoms with Crippen molar-refractivity contribution in [2.45, 2.75) is 0 Å². The lowest BCUT2D eigenvalue weighted by Crippen LogP contribution is -1.86. The Kier molecular flexibility index (Phi) is 3.31. The first-order valence-corrected chi connectivity index (χ1v) is 8.00. The fourth-order valence-corrected chi connectivity index (χ4v) is 2.57. The molecule has 0 bridgehead atoms. The summed E-state index contributed by atoms with van der Waals surface area (Å²) >= 11 is 0. The third-order valence-corrected chi connectivity index (χ3v) is 3.78. The molecule has 0 aliphatic heterocycles.